The van der Waals surface area contributed by atoms with Gasteiger partial charge in [0, 0.05) is 30.4 Å². The lowest BCUT2D eigenvalue weighted by Gasteiger charge is -2.25. The van der Waals surface area contributed by atoms with Crippen molar-refractivity contribution < 1.29 is 17.9 Å². The first kappa shape index (κ1) is 18.8. The maximum Gasteiger partial charge on any atom is 0.252 e. The van der Waals surface area contributed by atoms with Gasteiger partial charge in [-0.25, -0.2) is 8.42 Å². The van der Waals surface area contributed by atoms with Crippen molar-refractivity contribution in [1.29, 1.82) is 0 Å². The summed E-state index contributed by atoms with van der Waals surface area (Å²) in [6.45, 7) is 1.97. The molecule has 0 bridgehead atoms. The summed E-state index contributed by atoms with van der Waals surface area (Å²) in [5.74, 6) is 0.244. The van der Waals surface area contributed by atoms with Crippen molar-refractivity contribution in [3.63, 3.8) is 0 Å². The molecule has 2 fully saturated rings. The van der Waals surface area contributed by atoms with Crippen LogP contribution in [0.25, 0.3) is 0 Å². The van der Waals surface area contributed by atoms with Crippen LogP contribution in [-0.4, -0.2) is 51.0 Å². The Kier molecular flexibility index (Phi) is 6.11. The van der Waals surface area contributed by atoms with Gasteiger partial charge in [-0.3, -0.25) is 4.79 Å². The van der Waals surface area contributed by atoms with E-state index in [2.05, 4.69) is 5.32 Å². The van der Waals surface area contributed by atoms with Gasteiger partial charge >= 0.3 is 0 Å². The zero-order valence-corrected chi connectivity index (χ0v) is 15.8. The molecule has 1 saturated heterocycles. The van der Waals surface area contributed by atoms with Gasteiger partial charge in [-0.2, -0.15) is 4.31 Å². The maximum absolute atomic E-state index is 12.6. The number of hydrogen-bond acceptors (Lipinski definition) is 6. The van der Waals surface area contributed by atoms with Gasteiger partial charge in [0.05, 0.1) is 19.8 Å². The van der Waals surface area contributed by atoms with E-state index in [0.29, 0.717) is 43.5 Å². The number of thiophene rings is 1. The minimum atomic E-state index is -3.46. The summed E-state index contributed by atoms with van der Waals surface area (Å²) >= 11 is 1.21. The van der Waals surface area contributed by atoms with Crippen LogP contribution in [0.3, 0.4) is 0 Å². The van der Waals surface area contributed by atoms with Crippen LogP contribution in [0.5, 0.6) is 0 Å². The minimum Gasteiger partial charge on any atom is -0.379 e. The average Bonchev–Trinajstić information content (AvgIpc) is 3.24. The van der Waals surface area contributed by atoms with Gasteiger partial charge in [-0.15, -0.1) is 11.3 Å². The fraction of sp³-hybridized carbons (Fsp3) is 0.688. The number of morpholine rings is 1. The summed E-state index contributed by atoms with van der Waals surface area (Å²) in [5.41, 5.74) is 6.00. The second kappa shape index (κ2) is 8.13. The van der Waals surface area contributed by atoms with Gasteiger partial charge < -0.3 is 15.8 Å². The van der Waals surface area contributed by atoms with Crippen molar-refractivity contribution in [3.8, 4) is 0 Å². The predicted octanol–water partition coefficient (Wildman–Crippen LogP) is 0.903. The molecular weight excluding hydrogens is 362 g/mol. The van der Waals surface area contributed by atoms with Crippen molar-refractivity contribution in [2.75, 3.05) is 26.3 Å². The lowest BCUT2D eigenvalue weighted by atomic mass is 10.00. The highest BCUT2D eigenvalue weighted by atomic mass is 32.2. The molecule has 140 valence electrons. The van der Waals surface area contributed by atoms with Gasteiger partial charge in [-0.1, -0.05) is 6.42 Å². The number of sulfonamides is 1. The Hall–Kier alpha value is -1.00. The summed E-state index contributed by atoms with van der Waals surface area (Å²) in [5, 5.41) is 2.88. The molecule has 25 heavy (non-hydrogen) atoms. The first-order valence-electron chi connectivity index (χ1n) is 8.65. The second-order valence-corrected chi connectivity index (χ2v) is 9.91. The molecule has 0 radical (unpaired) electrons. The van der Waals surface area contributed by atoms with E-state index in [4.69, 9.17) is 10.5 Å². The maximum atomic E-state index is 12.6. The van der Waals surface area contributed by atoms with E-state index in [1.165, 1.54) is 15.6 Å². The molecule has 2 aliphatic rings. The average molecular weight is 388 g/mol. The van der Waals surface area contributed by atoms with Crippen molar-refractivity contribution in [1.82, 2.24) is 9.62 Å². The summed E-state index contributed by atoms with van der Waals surface area (Å²) in [4.78, 5) is 12.9. The predicted molar refractivity (Wildman–Crippen MR) is 95.7 cm³/mol. The number of nitrogens with two attached hydrogens (primary N) is 1. The SMILES string of the molecule is N[C@@H]1CCC[C@H]1CC(=O)NCc1ccc(S(=O)(=O)N2CCOCC2)s1. The van der Waals surface area contributed by atoms with Crippen LogP contribution in [0, 0.1) is 5.92 Å². The van der Waals surface area contributed by atoms with Gasteiger partial charge in [0.1, 0.15) is 4.21 Å². The van der Waals surface area contributed by atoms with Crippen molar-refractivity contribution >= 4 is 27.3 Å². The second-order valence-electron chi connectivity index (χ2n) is 6.57. The highest BCUT2D eigenvalue weighted by Crippen LogP contribution is 2.27. The van der Waals surface area contributed by atoms with Crippen molar-refractivity contribution in [3.05, 3.63) is 17.0 Å². The first-order valence-corrected chi connectivity index (χ1v) is 10.9. The fourth-order valence-corrected chi connectivity index (χ4v) is 6.18. The topological polar surface area (TPSA) is 102 Å². The summed E-state index contributed by atoms with van der Waals surface area (Å²) in [6, 6.07) is 3.50. The molecule has 7 nitrogen and oxygen atoms in total. The molecule has 3 rings (SSSR count). The molecule has 0 unspecified atom stereocenters. The van der Waals surface area contributed by atoms with Crippen LogP contribution >= 0.6 is 11.3 Å². The molecule has 3 N–H and O–H groups in total. The zero-order valence-electron chi connectivity index (χ0n) is 14.1. The van der Waals surface area contributed by atoms with E-state index in [1.807, 2.05) is 0 Å². The third-order valence-corrected chi connectivity index (χ3v) is 8.28. The van der Waals surface area contributed by atoms with Crippen molar-refractivity contribution in [2.24, 2.45) is 11.7 Å². The molecule has 0 aromatic carbocycles. The molecule has 1 aliphatic heterocycles. The molecule has 1 amide bonds. The number of nitrogens with zero attached hydrogens (tertiary/aromatic N) is 1. The molecule has 2 atom stereocenters. The molecule has 1 saturated carbocycles. The van der Waals surface area contributed by atoms with Crippen LogP contribution in [0.1, 0.15) is 30.6 Å². The van der Waals surface area contributed by atoms with Crippen LogP contribution in [0.2, 0.25) is 0 Å². The summed E-state index contributed by atoms with van der Waals surface area (Å²) in [6.07, 6.45) is 3.54. The zero-order chi connectivity index (χ0) is 17.9. The Bertz CT molecular complexity index is 698. The third-order valence-electron chi connectivity index (χ3n) is 4.83. The Labute approximate surface area is 152 Å². The number of carbonyl (C=O) groups is 1. The van der Waals surface area contributed by atoms with Crippen molar-refractivity contribution in [2.45, 2.75) is 42.5 Å². The van der Waals surface area contributed by atoms with E-state index in [1.54, 1.807) is 12.1 Å². The lowest BCUT2D eigenvalue weighted by Crippen LogP contribution is -2.40. The number of rotatable bonds is 6. The van der Waals surface area contributed by atoms with Gasteiger partial charge in [0.25, 0.3) is 10.0 Å². The van der Waals surface area contributed by atoms with Gasteiger partial charge in [0.15, 0.2) is 0 Å². The van der Waals surface area contributed by atoms with Gasteiger partial charge in [-0.05, 0) is 30.9 Å². The quantitative estimate of drug-likeness (QED) is 0.755. The third kappa shape index (κ3) is 4.59. The Morgan fingerprint density at radius 1 is 1.32 bits per heavy atom. The number of hydrogen-bond donors (Lipinski definition) is 2. The summed E-state index contributed by atoms with van der Waals surface area (Å²) < 4.78 is 32.1. The molecule has 1 aromatic rings. The summed E-state index contributed by atoms with van der Waals surface area (Å²) in [7, 11) is -3.46. The Morgan fingerprint density at radius 3 is 2.76 bits per heavy atom. The Balaban J connectivity index is 1.53. The van der Waals surface area contributed by atoms with Crippen LogP contribution < -0.4 is 11.1 Å². The standard InChI is InChI=1S/C16H25N3O4S2/c17-14-3-1-2-12(14)10-15(20)18-11-13-4-5-16(24-13)25(21,22)19-6-8-23-9-7-19/h4-5,12,14H,1-3,6-11,17H2,(H,18,20)/t12-,14+/m0/s1. The molecule has 0 spiro atoms. The highest BCUT2D eigenvalue weighted by Gasteiger charge is 2.28. The van der Waals surface area contributed by atoms with E-state index in [9.17, 15) is 13.2 Å². The highest BCUT2D eigenvalue weighted by molar-refractivity contribution is 7.91. The lowest BCUT2D eigenvalue weighted by molar-refractivity contribution is -0.122. The van der Waals surface area contributed by atoms with Crippen LogP contribution in [0.4, 0.5) is 0 Å². The van der Waals surface area contributed by atoms with Crippen LogP contribution in [-0.2, 0) is 26.1 Å². The molecule has 1 aliphatic carbocycles. The molecular formula is C16H25N3O4S2. The van der Waals surface area contributed by atoms with Crippen LogP contribution in [0.15, 0.2) is 16.3 Å². The van der Waals surface area contributed by atoms with E-state index in [-0.39, 0.29) is 17.9 Å². The fourth-order valence-electron chi connectivity index (χ4n) is 3.32. The largest absolute Gasteiger partial charge is 0.379 e. The molecule has 2 heterocycles. The first-order chi connectivity index (χ1) is 12.0. The van der Waals surface area contributed by atoms with Gasteiger partial charge in [0.2, 0.25) is 5.91 Å². The molecule has 1 aromatic heterocycles. The monoisotopic (exact) mass is 387 g/mol. The molecule has 9 heteroatoms. The van der Waals surface area contributed by atoms with E-state index in [0.717, 1.165) is 24.1 Å². The number of ether oxygens (including phenoxy) is 1. The Morgan fingerprint density at radius 2 is 2.08 bits per heavy atom. The minimum absolute atomic E-state index is 0.0201. The number of carbonyl (C=O) groups excluding carboxylic acids is 1. The number of nitrogens with one attached hydrogen (secondary N) is 1. The van der Waals surface area contributed by atoms with E-state index < -0.39 is 10.0 Å². The normalized spacial score (nSPS) is 25.2. The number of amides is 1. The van der Waals surface area contributed by atoms with E-state index >= 15 is 0 Å². The smallest absolute Gasteiger partial charge is 0.252 e.